The van der Waals surface area contributed by atoms with E-state index in [4.69, 9.17) is 4.74 Å². The van der Waals surface area contributed by atoms with Crippen molar-refractivity contribution in [1.82, 2.24) is 5.32 Å². The average Bonchev–Trinajstić information content (AvgIpc) is 2.79. The molecule has 0 saturated heterocycles. The lowest BCUT2D eigenvalue weighted by molar-refractivity contribution is -0.118. The highest BCUT2D eigenvalue weighted by atomic mass is 19.1. The van der Waals surface area contributed by atoms with E-state index in [0.717, 1.165) is 23.8 Å². The van der Waals surface area contributed by atoms with Gasteiger partial charge in [0.2, 0.25) is 12.8 Å². The Morgan fingerprint density at radius 3 is 2.38 bits per heavy atom. The summed E-state index contributed by atoms with van der Waals surface area (Å²) in [6, 6.07) is 16.8. The number of anilines is 1. The maximum Gasteiger partial charge on any atom is 0.254 e. The summed E-state index contributed by atoms with van der Waals surface area (Å²) in [4.78, 5) is 25.6. The van der Waals surface area contributed by atoms with Crippen LogP contribution in [0.3, 0.4) is 0 Å². The first-order valence-corrected chi connectivity index (χ1v) is 9.86. The first-order chi connectivity index (χ1) is 15.5. The predicted molar refractivity (Wildman–Crippen MR) is 114 cm³/mol. The van der Waals surface area contributed by atoms with Crippen LogP contribution in [0.15, 0.2) is 72.8 Å². The molecule has 3 aromatic rings. The fraction of sp³-hybridized carbons (Fsp3) is 0.167. The second-order valence-electron chi connectivity index (χ2n) is 6.91. The molecule has 0 saturated carbocycles. The molecule has 0 radical (unpaired) electrons. The van der Waals surface area contributed by atoms with E-state index in [2.05, 4.69) is 10.6 Å². The van der Waals surface area contributed by atoms with Crippen LogP contribution in [0, 0.1) is 11.6 Å². The molecule has 0 heterocycles. The van der Waals surface area contributed by atoms with Crippen molar-refractivity contribution < 1.29 is 27.5 Å². The fourth-order valence-corrected chi connectivity index (χ4v) is 3.11. The summed E-state index contributed by atoms with van der Waals surface area (Å²) < 4.78 is 45.1. The van der Waals surface area contributed by atoms with Crippen LogP contribution in [-0.4, -0.2) is 24.7 Å². The Bertz CT molecular complexity index is 1080. The molecule has 0 fully saturated rings. The molecule has 5 nitrogen and oxygen atoms in total. The van der Waals surface area contributed by atoms with Crippen molar-refractivity contribution in [1.29, 1.82) is 0 Å². The molecule has 0 aliphatic rings. The van der Waals surface area contributed by atoms with Crippen molar-refractivity contribution in [2.45, 2.75) is 18.9 Å². The van der Waals surface area contributed by atoms with Crippen LogP contribution in [-0.2, 0) is 11.2 Å². The number of hydrogen-bond donors (Lipinski definition) is 2. The highest BCUT2D eigenvalue weighted by Gasteiger charge is 2.24. The summed E-state index contributed by atoms with van der Waals surface area (Å²) in [6.45, 7) is -1.17. The van der Waals surface area contributed by atoms with Gasteiger partial charge in [-0.15, -0.1) is 0 Å². The van der Waals surface area contributed by atoms with Gasteiger partial charge in [0.15, 0.2) is 0 Å². The van der Waals surface area contributed by atoms with Crippen LogP contribution >= 0.6 is 0 Å². The molecule has 0 aliphatic heterocycles. The molecule has 0 aliphatic carbocycles. The number of rotatable bonds is 9. The van der Waals surface area contributed by atoms with Gasteiger partial charge in [0, 0.05) is 6.07 Å². The minimum absolute atomic E-state index is 0.0653. The van der Waals surface area contributed by atoms with Gasteiger partial charge in [-0.2, -0.15) is 0 Å². The Kier molecular flexibility index (Phi) is 7.85. The predicted octanol–water partition coefficient (Wildman–Crippen LogP) is 4.64. The van der Waals surface area contributed by atoms with Gasteiger partial charge < -0.3 is 15.4 Å². The summed E-state index contributed by atoms with van der Waals surface area (Å²) in [7, 11) is 0. The monoisotopic (exact) mass is 442 g/mol. The number of alkyl halides is 1. The minimum atomic E-state index is -1.17. The molecule has 0 bridgehead atoms. The molecule has 3 aromatic carbocycles. The minimum Gasteiger partial charge on any atom is -0.461 e. The summed E-state index contributed by atoms with van der Waals surface area (Å²) in [5, 5.41) is 5.00. The van der Waals surface area contributed by atoms with Crippen LogP contribution in [0.4, 0.5) is 18.9 Å². The standard InChI is InChI=1S/C24H21F3N2O3/c25-15-32-22-13-11-17(26)14-21(22)29-24(31)20(12-10-16-6-2-1-3-7-16)28-23(30)18-8-4-5-9-19(18)27/h1-9,11,13-14,20H,10,12,15H2,(H,28,30)(H,29,31). The summed E-state index contributed by atoms with van der Waals surface area (Å²) in [5.74, 6) is -2.90. The molecule has 3 rings (SSSR count). The quantitative estimate of drug-likeness (QED) is 0.507. The van der Waals surface area contributed by atoms with Gasteiger partial charge in [0.1, 0.15) is 23.4 Å². The topological polar surface area (TPSA) is 67.4 Å². The molecule has 0 aromatic heterocycles. The van der Waals surface area contributed by atoms with Gasteiger partial charge >= 0.3 is 0 Å². The van der Waals surface area contributed by atoms with E-state index in [-0.39, 0.29) is 23.4 Å². The third-order valence-electron chi connectivity index (χ3n) is 4.71. The first-order valence-electron chi connectivity index (χ1n) is 9.86. The molecular formula is C24H21F3N2O3. The lowest BCUT2D eigenvalue weighted by atomic mass is 10.0. The molecule has 2 amide bonds. The smallest absolute Gasteiger partial charge is 0.254 e. The lowest BCUT2D eigenvalue weighted by Gasteiger charge is -2.20. The summed E-state index contributed by atoms with van der Waals surface area (Å²) >= 11 is 0. The summed E-state index contributed by atoms with van der Waals surface area (Å²) in [6.07, 6.45) is 0.623. The van der Waals surface area contributed by atoms with E-state index in [0.29, 0.717) is 6.42 Å². The molecule has 8 heteroatoms. The fourth-order valence-electron chi connectivity index (χ4n) is 3.11. The molecule has 166 valence electrons. The van der Waals surface area contributed by atoms with Crippen LogP contribution in [0.25, 0.3) is 0 Å². The van der Waals surface area contributed by atoms with Gasteiger partial charge in [0.05, 0.1) is 11.3 Å². The van der Waals surface area contributed by atoms with Crippen LogP contribution in [0.5, 0.6) is 5.75 Å². The van der Waals surface area contributed by atoms with Gasteiger partial charge in [-0.25, -0.2) is 13.2 Å². The Labute approximate surface area is 183 Å². The molecule has 1 atom stereocenters. The van der Waals surface area contributed by atoms with Crippen molar-refractivity contribution in [2.75, 3.05) is 12.2 Å². The Hall–Kier alpha value is -3.81. The van der Waals surface area contributed by atoms with Crippen molar-refractivity contribution in [2.24, 2.45) is 0 Å². The van der Waals surface area contributed by atoms with Crippen molar-refractivity contribution >= 4 is 17.5 Å². The maximum absolute atomic E-state index is 14.0. The van der Waals surface area contributed by atoms with Crippen LogP contribution in [0.1, 0.15) is 22.3 Å². The van der Waals surface area contributed by atoms with E-state index >= 15 is 0 Å². The van der Waals surface area contributed by atoms with E-state index < -0.39 is 36.4 Å². The molecular weight excluding hydrogens is 421 g/mol. The highest BCUT2D eigenvalue weighted by Crippen LogP contribution is 2.26. The number of carbonyl (C=O) groups is 2. The van der Waals surface area contributed by atoms with Gasteiger partial charge in [-0.05, 0) is 42.7 Å². The molecule has 32 heavy (non-hydrogen) atoms. The third-order valence-corrected chi connectivity index (χ3v) is 4.71. The van der Waals surface area contributed by atoms with Gasteiger partial charge in [0.25, 0.3) is 5.91 Å². The van der Waals surface area contributed by atoms with Crippen LogP contribution < -0.4 is 15.4 Å². The van der Waals surface area contributed by atoms with Crippen molar-refractivity contribution in [3.8, 4) is 5.75 Å². The van der Waals surface area contributed by atoms with E-state index in [1.807, 2.05) is 30.3 Å². The maximum atomic E-state index is 14.0. The SMILES string of the molecule is O=C(NC(CCc1ccccc1)C(=O)Nc1cc(F)ccc1OCF)c1ccccc1F. The number of hydrogen-bond acceptors (Lipinski definition) is 3. The number of halogens is 3. The largest absolute Gasteiger partial charge is 0.461 e. The number of aryl methyl sites for hydroxylation is 1. The zero-order valence-corrected chi connectivity index (χ0v) is 17.0. The number of nitrogens with one attached hydrogen (secondary N) is 2. The number of carbonyl (C=O) groups excluding carboxylic acids is 2. The summed E-state index contributed by atoms with van der Waals surface area (Å²) in [5.41, 5.74) is 0.632. The lowest BCUT2D eigenvalue weighted by Crippen LogP contribution is -2.44. The van der Waals surface area contributed by atoms with Gasteiger partial charge in [-0.3, -0.25) is 9.59 Å². The van der Waals surface area contributed by atoms with Crippen molar-refractivity contribution in [3.05, 3.63) is 95.6 Å². The normalized spacial score (nSPS) is 11.5. The van der Waals surface area contributed by atoms with Crippen LogP contribution in [0.2, 0.25) is 0 Å². The molecule has 0 spiro atoms. The third kappa shape index (κ3) is 6.10. The molecule has 1 unspecified atom stereocenters. The molecule has 2 N–H and O–H groups in total. The second kappa shape index (κ2) is 11.0. The zero-order chi connectivity index (χ0) is 22.9. The number of ether oxygens (including phenoxy) is 1. The second-order valence-corrected chi connectivity index (χ2v) is 6.91. The number of benzene rings is 3. The van der Waals surface area contributed by atoms with E-state index in [9.17, 15) is 22.8 Å². The average molecular weight is 442 g/mol. The van der Waals surface area contributed by atoms with Crippen molar-refractivity contribution in [3.63, 3.8) is 0 Å². The van der Waals surface area contributed by atoms with E-state index in [1.165, 1.54) is 24.3 Å². The Morgan fingerprint density at radius 2 is 1.66 bits per heavy atom. The van der Waals surface area contributed by atoms with E-state index in [1.54, 1.807) is 0 Å². The highest BCUT2D eigenvalue weighted by molar-refractivity contribution is 6.01. The van der Waals surface area contributed by atoms with Gasteiger partial charge in [-0.1, -0.05) is 42.5 Å². The Balaban J connectivity index is 1.81. The Morgan fingerprint density at radius 1 is 0.938 bits per heavy atom. The number of amides is 2. The first kappa shape index (κ1) is 22.9. The zero-order valence-electron chi connectivity index (χ0n) is 17.0.